The average molecular weight is 312 g/mol. The van der Waals surface area contributed by atoms with Crippen LogP contribution in [0, 0.1) is 0 Å². The Bertz CT molecular complexity index is 815. The molecule has 0 saturated heterocycles. The van der Waals surface area contributed by atoms with Crippen molar-refractivity contribution < 1.29 is 19.5 Å². The first kappa shape index (κ1) is 15.4. The Morgan fingerprint density at radius 1 is 1.04 bits per heavy atom. The number of methoxy groups -OCH3 is 2. The molecule has 0 atom stereocenters. The molecular formula is C16H17BN2O4. The van der Waals surface area contributed by atoms with Crippen LogP contribution >= 0.6 is 0 Å². The van der Waals surface area contributed by atoms with Crippen LogP contribution in [0.5, 0.6) is 11.5 Å². The van der Waals surface area contributed by atoms with Crippen LogP contribution in [-0.2, 0) is 6.54 Å². The number of fused-ring (bicyclic) bond motifs is 1. The summed E-state index contributed by atoms with van der Waals surface area (Å²) in [6.45, 7) is 0.619. The lowest BCUT2D eigenvalue weighted by molar-refractivity contribution is 0.355. The van der Waals surface area contributed by atoms with Crippen LogP contribution in [0.15, 0.2) is 42.7 Å². The molecular weight excluding hydrogens is 295 g/mol. The van der Waals surface area contributed by atoms with Gasteiger partial charge in [0.25, 0.3) is 0 Å². The van der Waals surface area contributed by atoms with Gasteiger partial charge < -0.3 is 24.1 Å². The molecule has 2 N–H and O–H groups in total. The first-order valence-electron chi connectivity index (χ1n) is 7.14. The minimum absolute atomic E-state index is 0.468. The molecule has 23 heavy (non-hydrogen) atoms. The molecule has 0 fully saturated rings. The number of nitrogens with zero attached hydrogens (tertiary/aromatic N) is 2. The van der Waals surface area contributed by atoms with Gasteiger partial charge in [0.2, 0.25) is 0 Å². The molecule has 1 heterocycles. The normalized spacial score (nSPS) is 10.8. The Morgan fingerprint density at radius 3 is 2.30 bits per heavy atom. The highest BCUT2D eigenvalue weighted by Gasteiger charge is 2.12. The van der Waals surface area contributed by atoms with Crippen molar-refractivity contribution in [2.75, 3.05) is 14.2 Å². The summed E-state index contributed by atoms with van der Waals surface area (Å²) < 4.78 is 12.6. The molecule has 3 aromatic rings. The topological polar surface area (TPSA) is 76.7 Å². The van der Waals surface area contributed by atoms with Gasteiger partial charge in [-0.15, -0.1) is 0 Å². The summed E-state index contributed by atoms with van der Waals surface area (Å²) in [4.78, 5) is 4.39. The van der Waals surface area contributed by atoms with Crippen molar-refractivity contribution in [3.05, 3.63) is 48.3 Å². The number of aromatic nitrogens is 2. The van der Waals surface area contributed by atoms with Gasteiger partial charge in [0.15, 0.2) is 11.5 Å². The molecule has 0 aliphatic rings. The first-order valence-corrected chi connectivity index (χ1v) is 7.14. The molecule has 1 aromatic heterocycles. The van der Waals surface area contributed by atoms with Crippen molar-refractivity contribution in [2.24, 2.45) is 0 Å². The second kappa shape index (κ2) is 6.32. The summed E-state index contributed by atoms with van der Waals surface area (Å²) in [7, 11) is 1.75. The van der Waals surface area contributed by atoms with Crippen molar-refractivity contribution in [1.82, 2.24) is 9.55 Å². The third-order valence-corrected chi connectivity index (χ3v) is 3.76. The van der Waals surface area contributed by atoms with E-state index in [0.717, 1.165) is 16.6 Å². The second-order valence-electron chi connectivity index (χ2n) is 5.18. The van der Waals surface area contributed by atoms with Gasteiger partial charge in [-0.05, 0) is 11.0 Å². The van der Waals surface area contributed by atoms with E-state index in [1.165, 1.54) is 0 Å². The zero-order chi connectivity index (χ0) is 16.4. The smallest absolute Gasteiger partial charge is 0.488 e. The van der Waals surface area contributed by atoms with E-state index in [9.17, 15) is 0 Å². The fourth-order valence-electron chi connectivity index (χ4n) is 2.50. The van der Waals surface area contributed by atoms with Crippen LogP contribution in [-0.4, -0.2) is 40.9 Å². The highest BCUT2D eigenvalue weighted by atomic mass is 16.5. The lowest BCUT2D eigenvalue weighted by Gasteiger charge is -2.09. The van der Waals surface area contributed by atoms with Crippen LogP contribution < -0.4 is 14.9 Å². The van der Waals surface area contributed by atoms with E-state index in [0.29, 0.717) is 23.5 Å². The Kier molecular flexibility index (Phi) is 4.23. The third kappa shape index (κ3) is 3.01. The number of ether oxygens (including phenoxy) is 2. The minimum Gasteiger partial charge on any atom is -0.493 e. The number of benzene rings is 2. The highest BCUT2D eigenvalue weighted by Crippen LogP contribution is 2.31. The molecule has 0 spiro atoms. The van der Waals surface area contributed by atoms with Crippen molar-refractivity contribution in [3.63, 3.8) is 0 Å². The van der Waals surface area contributed by atoms with Crippen LogP contribution in [0.3, 0.4) is 0 Å². The quantitative estimate of drug-likeness (QED) is 0.681. The lowest BCUT2D eigenvalue weighted by atomic mass is 9.80. The molecule has 3 rings (SSSR count). The van der Waals surface area contributed by atoms with Gasteiger partial charge in [0.1, 0.15) is 0 Å². The van der Waals surface area contributed by atoms with Gasteiger partial charge in [0.05, 0.1) is 31.6 Å². The summed E-state index contributed by atoms with van der Waals surface area (Å²) in [6, 6.07) is 10.9. The van der Waals surface area contributed by atoms with Gasteiger partial charge in [-0.1, -0.05) is 24.3 Å². The molecule has 6 nitrogen and oxygen atoms in total. The van der Waals surface area contributed by atoms with Gasteiger partial charge in [0, 0.05) is 18.7 Å². The summed E-state index contributed by atoms with van der Waals surface area (Å²) >= 11 is 0. The molecule has 0 saturated carbocycles. The van der Waals surface area contributed by atoms with Crippen LogP contribution in [0.4, 0.5) is 0 Å². The monoisotopic (exact) mass is 312 g/mol. The zero-order valence-electron chi connectivity index (χ0n) is 12.9. The van der Waals surface area contributed by atoms with Crippen molar-refractivity contribution in [2.45, 2.75) is 6.54 Å². The van der Waals surface area contributed by atoms with E-state index in [4.69, 9.17) is 19.5 Å². The van der Waals surface area contributed by atoms with Gasteiger partial charge in [-0.25, -0.2) is 4.98 Å². The number of rotatable bonds is 5. The highest BCUT2D eigenvalue weighted by molar-refractivity contribution is 6.58. The standard InChI is InChI=1S/C16H17BN2O4/c1-22-15-7-13-14(8-16(15)23-2)19(10-18-13)9-11-3-5-12(6-4-11)17(20)21/h3-8,10,20-21H,9H2,1-2H3. The number of hydrogen-bond donors (Lipinski definition) is 2. The second-order valence-corrected chi connectivity index (χ2v) is 5.18. The molecule has 118 valence electrons. The molecule has 0 radical (unpaired) electrons. The third-order valence-electron chi connectivity index (χ3n) is 3.76. The van der Waals surface area contributed by atoms with E-state index in [2.05, 4.69) is 4.98 Å². The summed E-state index contributed by atoms with van der Waals surface area (Å²) in [5.74, 6) is 1.30. The van der Waals surface area contributed by atoms with Crippen molar-refractivity contribution in [3.8, 4) is 11.5 Å². The Balaban J connectivity index is 1.93. The van der Waals surface area contributed by atoms with Crippen molar-refractivity contribution in [1.29, 1.82) is 0 Å². The van der Waals surface area contributed by atoms with E-state index < -0.39 is 7.12 Å². The predicted molar refractivity (Wildman–Crippen MR) is 88.2 cm³/mol. The van der Waals surface area contributed by atoms with Gasteiger partial charge in [-0.3, -0.25) is 0 Å². The van der Waals surface area contributed by atoms with E-state index in [1.54, 1.807) is 32.7 Å². The summed E-state index contributed by atoms with van der Waals surface area (Å²) in [5, 5.41) is 18.3. The Labute approximate surface area is 134 Å². The number of hydrogen-bond acceptors (Lipinski definition) is 5. The van der Waals surface area contributed by atoms with Crippen LogP contribution in [0.25, 0.3) is 11.0 Å². The average Bonchev–Trinajstić information content (AvgIpc) is 2.96. The number of imidazole rings is 1. The predicted octanol–water partition coefficient (Wildman–Crippen LogP) is 0.782. The Hall–Kier alpha value is -2.51. The molecule has 7 heteroatoms. The largest absolute Gasteiger partial charge is 0.493 e. The fraction of sp³-hybridized carbons (Fsp3) is 0.188. The SMILES string of the molecule is COc1cc2ncn(Cc3ccc(B(O)O)cc3)c2cc1OC. The van der Waals surface area contributed by atoms with Crippen LogP contribution in [0.2, 0.25) is 0 Å². The fourth-order valence-corrected chi connectivity index (χ4v) is 2.50. The maximum atomic E-state index is 9.13. The molecule has 0 bridgehead atoms. The van der Waals surface area contributed by atoms with Gasteiger partial charge in [-0.2, -0.15) is 0 Å². The lowest BCUT2D eigenvalue weighted by Crippen LogP contribution is -2.29. The molecule has 2 aromatic carbocycles. The summed E-state index contributed by atoms with van der Waals surface area (Å²) in [6.07, 6.45) is 1.76. The molecule has 0 amide bonds. The van der Waals surface area contributed by atoms with Crippen LogP contribution in [0.1, 0.15) is 5.56 Å². The Morgan fingerprint density at radius 2 is 1.70 bits per heavy atom. The van der Waals surface area contributed by atoms with E-state index in [1.807, 2.05) is 28.8 Å². The molecule has 0 unspecified atom stereocenters. The van der Waals surface area contributed by atoms with Crippen molar-refractivity contribution >= 4 is 23.6 Å². The molecule has 0 aliphatic carbocycles. The van der Waals surface area contributed by atoms with Gasteiger partial charge >= 0.3 is 7.12 Å². The minimum atomic E-state index is -1.45. The zero-order valence-corrected chi connectivity index (χ0v) is 12.9. The summed E-state index contributed by atoms with van der Waals surface area (Å²) in [5.41, 5.74) is 3.26. The van der Waals surface area contributed by atoms with E-state index >= 15 is 0 Å². The maximum Gasteiger partial charge on any atom is 0.488 e. The van der Waals surface area contributed by atoms with E-state index in [-0.39, 0.29) is 0 Å². The molecule has 0 aliphatic heterocycles. The maximum absolute atomic E-state index is 9.13. The first-order chi connectivity index (χ1) is 11.1.